The third-order valence-electron chi connectivity index (χ3n) is 3.88. The molecule has 3 N–H and O–H groups in total. The highest BCUT2D eigenvalue weighted by Crippen LogP contribution is 2.16. The monoisotopic (exact) mass is 352 g/mol. The van der Waals surface area contributed by atoms with Crippen LogP contribution in [-0.4, -0.2) is 29.1 Å². The zero-order valence-electron chi connectivity index (χ0n) is 15.3. The van der Waals surface area contributed by atoms with Crippen molar-refractivity contribution >= 4 is 17.5 Å². The maximum atomic E-state index is 12.1. The molecule has 0 aliphatic carbocycles. The summed E-state index contributed by atoms with van der Waals surface area (Å²) in [5.74, 6) is -0.286. The summed E-state index contributed by atoms with van der Waals surface area (Å²) in [6, 6.07) is 9.79. The van der Waals surface area contributed by atoms with Crippen LogP contribution in [0.5, 0.6) is 0 Å². The number of amides is 2. The normalized spacial score (nSPS) is 11.5. The summed E-state index contributed by atoms with van der Waals surface area (Å²) in [6.45, 7) is 5.32. The summed E-state index contributed by atoms with van der Waals surface area (Å²) in [4.78, 5) is 27.4. The molecule has 0 radical (unpaired) electrons. The van der Waals surface area contributed by atoms with E-state index < -0.39 is 0 Å². The number of carbonyl (C=O) groups excluding carboxylic acids is 2. The van der Waals surface area contributed by atoms with Gasteiger partial charge in [-0.1, -0.05) is 24.3 Å². The Balaban J connectivity index is 2.04. The van der Waals surface area contributed by atoms with Crippen molar-refractivity contribution < 1.29 is 9.59 Å². The molecule has 26 heavy (non-hydrogen) atoms. The second kappa shape index (κ2) is 8.89. The van der Waals surface area contributed by atoms with Crippen LogP contribution in [0.3, 0.4) is 0 Å². The second-order valence-corrected chi connectivity index (χ2v) is 6.39. The molecule has 6 nitrogen and oxygen atoms in total. The number of nitrogens with zero attached hydrogens (tertiary/aromatic N) is 1. The molecule has 0 saturated heterocycles. The van der Waals surface area contributed by atoms with Crippen molar-refractivity contribution in [3.63, 3.8) is 0 Å². The summed E-state index contributed by atoms with van der Waals surface area (Å²) in [6.07, 6.45) is 3.93. The molecule has 2 aromatic rings. The summed E-state index contributed by atoms with van der Waals surface area (Å²) in [5.41, 5.74) is 3.96. The fourth-order valence-electron chi connectivity index (χ4n) is 2.57. The zero-order chi connectivity index (χ0) is 19.1. The smallest absolute Gasteiger partial charge is 0.253 e. The van der Waals surface area contributed by atoms with Gasteiger partial charge in [0.15, 0.2) is 0 Å². The first-order valence-electron chi connectivity index (χ1n) is 8.47. The van der Waals surface area contributed by atoms with Gasteiger partial charge in [-0.2, -0.15) is 0 Å². The van der Waals surface area contributed by atoms with Crippen LogP contribution < -0.4 is 10.6 Å². The van der Waals surface area contributed by atoms with E-state index in [1.807, 2.05) is 37.3 Å². The second-order valence-electron chi connectivity index (χ2n) is 6.39. The lowest BCUT2D eigenvalue weighted by atomic mass is 10.0. The van der Waals surface area contributed by atoms with Crippen LogP contribution in [0.2, 0.25) is 0 Å². The number of pyridine rings is 1. The molecule has 0 aliphatic rings. The number of hydrogen-bond acceptors (Lipinski definition) is 4. The van der Waals surface area contributed by atoms with Gasteiger partial charge in [0.1, 0.15) is 0 Å². The standard InChI is InChI=1S/C20H24N4O2/c1-13(21)10-23-20(26)19-9-17(11-22-12-19)8-16-4-6-18(7-5-16)14(2)24-15(3)25/h4-7,9,11-12,14,21H,8,10H2,1-3H3,(H,23,26)(H,24,25). The van der Waals surface area contributed by atoms with E-state index in [-0.39, 0.29) is 24.4 Å². The molecule has 1 aromatic carbocycles. The summed E-state index contributed by atoms with van der Waals surface area (Å²) >= 11 is 0. The number of hydrogen-bond donors (Lipinski definition) is 3. The molecule has 136 valence electrons. The van der Waals surface area contributed by atoms with Gasteiger partial charge in [0.2, 0.25) is 5.91 Å². The van der Waals surface area contributed by atoms with Gasteiger partial charge in [0.05, 0.1) is 18.2 Å². The van der Waals surface area contributed by atoms with Crippen LogP contribution in [0.25, 0.3) is 0 Å². The highest BCUT2D eigenvalue weighted by Gasteiger charge is 2.09. The minimum atomic E-state index is -0.231. The third-order valence-corrected chi connectivity index (χ3v) is 3.88. The van der Waals surface area contributed by atoms with Crippen LogP contribution in [0.4, 0.5) is 0 Å². The Morgan fingerprint density at radius 3 is 2.42 bits per heavy atom. The number of carbonyl (C=O) groups is 2. The SMILES string of the molecule is CC(=N)CNC(=O)c1cncc(Cc2ccc(C(C)NC(C)=O)cc2)c1. The Morgan fingerprint density at radius 1 is 1.12 bits per heavy atom. The highest BCUT2D eigenvalue weighted by atomic mass is 16.2. The van der Waals surface area contributed by atoms with Crippen molar-refractivity contribution in [3.8, 4) is 0 Å². The first-order valence-corrected chi connectivity index (χ1v) is 8.47. The van der Waals surface area contributed by atoms with E-state index in [2.05, 4.69) is 15.6 Å². The Kier molecular flexibility index (Phi) is 6.60. The molecule has 1 atom stereocenters. The Bertz CT molecular complexity index is 800. The first-order chi connectivity index (χ1) is 12.3. The lowest BCUT2D eigenvalue weighted by Gasteiger charge is -2.13. The van der Waals surface area contributed by atoms with E-state index >= 15 is 0 Å². The van der Waals surface area contributed by atoms with Crippen molar-refractivity contribution in [2.75, 3.05) is 6.54 Å². The Hall–Kier alpha value is -3.02. The van der Waals surface area contributed by atoms with E-state index in [1.54, 1.807) is 13.1 Å². The van der Waals surface area contributed by atoms with Crippen molar-refractivity contribution in [3.05, 3.63) is 65.0 Å². The molecular weight excluding hydrogens is 328 g/mol. The molecule has 1 unspecified atom stereocenters. The van der Waals surface area contributed by atoms with E-state index in [4.69, 9.17) is 5.41 Å². The molecule has 0 spiro atoms. The van der Waals surface area contributed by atoms with Gasteiger partial charge in [0, 0.05) is 25.0 Å². The molecular formula is C20H24N4O2. The molecule has 1 aromatic heterocycles. The Morgan fingerprint density at radius 2 is 1.81 bits per heavy atom. The lowest BCUT2D eigenvalue weighted by molar-refractivity contribution is -0.119. The number of rotatable bonds is 7. The zero-order valence-corrected chi connectivity index (χ0v) is 15.3. The predicted molar refractivity (Wildman–Crippen MR) is 101 cm³/mol. The van der Waals surface area contributed by atoms with Crippen molar-refractivity contribution in [2.45, 2.75) is 33.2 Å². The maximum Gasteiger partial charge on any atom is 0.253 e. The van der Waals surface area contributed by atoms with Crippen LogP contribution >= 0.6 is 0 Å². The molecule has 0 aliphatic heterocycles. The summed E-state index contributed by atoms with van der Waals surface area (Å²) in [7, 11) is 0. The van der Waals surface area contributed by atoms with E-state index in [9.17, 15) is 9.59 Å². The topological polar surface area (TPSA) is 94.9 Å². The van der Waals surface area contributed by atoms with Crippen LogP contribution in [0.1, 0.15) is 53.9 Å². The van der Waals surface area contributed by atoms with Crippen LogP contribution in [0.15, 0.2) is 42.7 Å². The van der Waals surface area contributed by atoms with Gasteiger partial charge in [-0.25, -0.2) is 0 Å². The minimum Gasteiger partial charge on any atom is -0.350 e. The van der Waals surface area contributed by atoms with E-state index in [0.29, 0.717) is 17.7 Å². The highest BCUT2D eigenvalue weighted by molar-refractivity contribution is 5.96. The lowest BCUT2D eigenvalue weighted by Crippen LogP contribution is -2.28. The van der Waals surface area contributed by atoms with Crippen molar-refractivity contribution in [1.82, 2.24) is 15.6 Å². The molecule has 1 heterocycles. The predicted octanol–water partition coefficient (Wildman–Crippen LogP) is 2.64. The van der Waals surface area contributed by atoms with Crippen molar-refractivity contribution in [2.24, 2.45) is 0 Å². The van der Waals surface area contributed by atoms with Crippen LogP contribution in [0, 0.1) is 5.41 Å². The number of nitrogens with one attached hydrogen (secondary N) is 3. The molecule has 0 bridgehead atoms. The van der Waals surface area contributed by atoms with Crippen molar-refractivity contribution in [1.29, 1.82) is 5.41 Å². The number of benzene rings is 1. The average molecular weight is 352 g/mol. The Labute approximate surface area is 153 Å². The fraction of sp³-hybridized carbons (Fsp3) is 0.300. The quantitative estimate of drug-likeness (QED) is 0.669. The van der Waals surface area contributed by atoms with E-state index in [1.165, 1.54) is 13.1 Å². The maximum absolute atomic E-state index is 12.1. The molecule has 0 fully saturated rings. The summed E-state index contributed by atoms with van der Waals surface area (Å²) < 4.78 is 0. The van der Waals surface area contributed by atoms with Gasteiger partial charge in [0.25, 0.3) is 5.91 Å². The number of aromatic nitrogens is 1. The fourth-order valence-corrected chi connectivity index (χ4v) is 2.57. The van der Waals surface area contributed by atoms with Crippen LogP contribution in [-0.2, 0) is 11.2 Å². The molecule has 6 heteroatoms. The molecule has 0 saturated carbocycles. The van der Waals surface area contributed by atoms with Gasteiger partial charge >= 0.3 is 0 Å². The largest absolute Gasteiger partial charge is 0.350 e. The average Bonchev–Trinajstić information content (AvgIpc) is 2.60. The van der Waals surface area contributed by atoms with Gasteiger partial charge in [-0.05, 0) is 43.0 Å². The minimum absolute atomic E-state index is 0.0347. The summed E-state index contributed by atoms with van der Waals surface area (Å²) in [5, 5.41) is 12.9. The van der Waals surface area contributed by atoms with Gasteiger partial charge in [-0.3, -0.25) is 14.6 Å². The first kappa shape index (κ1) is 19.3. The molecule has 2 amide bonds. The molecule has 2 rings (SSSR count). The third kappa shape index (κ3) is 5.81. The van der Waals surface area contributed by atoms with E-state index in [0.717, 1.165) is 16.7 Å². The van der Waals surface area contributed by atoms with Gasteiger partial charge in [-0.15, -0.1) is 0 Å². The van der Waals surface area contributed by atoms with Gasteiger partial charge < -0.3 is 16.0 Å².